The van der Waals surface area contributed by atoms with E-state index in [4.69, 9.17) is 0 Å². The van der Waals surface area contributed by atoms with Crippen LogP contribution in [0.1, 0.15) is 32.3 Å². The highest BCUT2D eigenvalue weighted by Crippen LogP contribution is 2.30. The van der Waals surface area contributed by atoms with Crippen LogP contribution >= 0.6 is 0 Å². The SMILES string of the molecule is CC(C)(NC(=O)C1CC1)c1cccnc1. The molecule has 1 aliphatic carbocycles. The second kappa shape index (κ2) is 3.65. The molecule has 1 saturated carbocycles. The van der Waals surface area contributed by atoms with Gasteiger partial charge in [-0.25, -0.2) is 0 Å². The van der Waals surface area contributed by atoms with Crippen molar-refractivity contribution in [1.29, 1.82) is 0 Å². The van der Waals surface area contributed by atoms with Crippen molar-refractivity contribution in [2.45, 2.75) is 32.2 Å². The number of nitrogens with one attached hydrogen (secondary N) is 1. The van der Waals surface area contributed by atoms with Gasteiger partial charge in [0, 0.05) is 18.3 Å². The minimum atomic E-state index is -0.325. The first-order valence-electron chi connectivity index (χ1n) is 5.32. The molecule has 0 unspecified atom stereocenters. The van der Waals surface area contributed by atoms with Crippen molar-refractivity contribution in [3.05, 3.63) is 30.1 Å². The smallest absolute Gasteiger partial charge is 0.223 e. The van der Waals surface area contributed by atoms with E-state index in [1.807, 2.05) is 26.0 Å². The van der Waals surface area contributed by atoms with Crippen LogP contribution in [0.2, 0.25) is 0 Å². The molecule has 2 rings (SSSR count). The molecular weight excluding hydrogens is 188 g/mol. The number of carbonyl (C=O) groups excluding carboxylic acids is 1. The summed E-state index contributed by atoms with van der Waals surface area (Å²) < 4.78 is 0. The minimum absolute atomic E-state index is 0.170. The Hall–Kier alpha value is -1.38. The number of pyridine rings is 1. The lowest BCUT2D eigenvalue weighted by Gasteiger charge is -2.26. The van der Waals surface area contributed by atoms with E-state index in [0.717, 1.165) is 18.4 Å². The molecule has 1 N–H and O–H groups in total. The van der Waals surface area contributed by atoms with Crippen LogP contribution in [0.25, 0.3) is 0 Å². The number of hydrogen-bond acceptors (Lipinski definition) is 2. The fourth-order valence-corrected chi connectivity index (χ4v) is 1.56. The van der Waals surface area contributed by atoms with E-state index in [0.29, 0.717) is 0 Å². The molecule has 3 heteroatoms. The van der Waals surface area contributed by atoms with E-state index in [2.05, 4.69) is 10.3 Å². The Morgan fingerprint density at radius 2 is 2.27 bits per heavy atom. The van der Waals surface area contributed by atoms with Gasteiger partial charge in [-0.3, -0.25) is 9.78 Å². The van der Waals surface area contributed by atoms with Gasteiger partial charge >= 0.3 is 0 Å². The summed E-state index contributed by atoms with van der Waals surface area (Å²) in [5.74, 6) is 0.421. The predicted octanol–water partition coefficient (Wildman–Crippen LogP) is 1.84. The maximum absolute atomic E-state index is 11.7. The average Bonchev–Trinajstić information content (AvgIpc) is 3.01. The van der Waals surface area contributed by atoms with Crippen molar-refractivity contribution in [3.8, 4) is 0 Å². The monoisotopic (exact) mass is 204 g/mol. The molecule has 0 aromatic carbocycles. The maximum atomic E-state index is 11.7. The minimum Gasteiger partial charge on any atom is -0.347 e. The Kier molecular flexibility index (Phi) is 2.47. The summed E-state index contributed by atoms with van der Waals surface area (Å²) in [7, 11) is 0. The van der Waals surface area contributed by atoms with Crippen molar-refractivity contribution in [1.82, 2.24) is 10.3 Å². The second-order valence-corrected chi connectivity index (χ2v) is 4.63. The van der Waals surface area contributed by atoms with Crippen LogP contribution in [-0.2, 0) is 10.3 Å². The van der Waals surface area contributed by atoms with Gasteiger partial charge in [-0.15, -0.1) is 0 Å². The Morgan fingerprint density at radius 3 is 2.80 bits per heavy atom. The summed E-state index contributed by atoms with van der Waals surface area (Å²) in [5.41, 5.74) is 0.715. The van der Waals surface area contributed by atoms with Gasteiger partial charge < -0.3 is 5.32 Å². The third kappa shape index (κ3) is 2.35. The maximum Gasteiger partial charge on any atom is 0.223 e. The zero-order valence-electron chi connectivity index (χ0n) is 9.16. The van der Waals surface area contributed by atoms with Crippen LogP contribution in [0.5, 0.6) is 0 Å². The fourth-order valence-electron chi connectivity index (χ4n) is 1.56. The van der Waals surface area contributed by atoms with Crippen LogP contribution in [0.4, 0.5) is 0 Å². The molecule has 0 aliphatic heterocycles. The van der Waals surface area contributed by atoms with Gasteiger partial charge in [0.2, 0.25) is 5.91 Å². The van der Waals surface area contributed by atoms with Gasteiger partial charge in [0.1, 0.15) is 0 Å². The molecule has 80 valence electrons. The van der Waals surface area contributed by atoms with Crippen LogP contribution in [0, 0.1) is 5.92 Å². The van der Waals surface area contributed by atoms with Gasteiger partial charge in [0.25, 0.3) is 0 Å². The van der Waals surface area contributed by atoms with Crippen molar-refractivity contribution >= 4 is 5.91 Å². The molecule has 1 fully saturated rings. The molecule has 0 bridgehead atoms. The highest BCUT2D eigenvalue weighted by Gasteiger charge is 2.33. The van der Waals surface area contributed by atoms with E-state index >= 15 is 0 Å². The molecule has 1 heterocycles. The third-order valence-electron chi connectivity index (χ3n) is 2.77. The van der Waals surface area contributed by atoms with Gasteiger partial charge in [-0.05, 0) is 38.3 Å². The molecule has 0 saturated heterocycles. The normalized spacial score (nSPS) is 16.1. The lowest BCUT2D eigenvalue weighted by atomic mass is 9.96. The van der Waals surface area contributed by atoms with Gasteiger partial charge in [0.15, 0.2) is 0 Å². The van der Waals surface area contributed by atoms with Crippen LogP contribution < -0.4 is 5.32 Å². The van der Waals surface area contributed by atoms with E-state index in [9.17, 15) is 4.79 Å². The molecule has 1 amide bonds. The van der Waals surface area contributed by atoms with Crippen LogP contribution in [0.15, 0.2) is 24.5 Å². The molecule has 1 aromatic rings. The molecule has 0 radical (unpaired) electrons. The van der Waals surface area contributed by atoms with Gasteiger partial charge in [-0.2, -0.15) is 0 Å². The fraction of sp³-hybridized carbons (Fsp3) is 0.500. The Bertz CT molecular complexity index is 355. The largest absolute Gasteiger partial charge is 0.347 e. The second-order valence-electron chi connectivity index (χ2n) is 4.63. The highest BCUT2D eigenvalue weighted by atomic mass is 16.2. The molecular formula is C12H16N2O. The Balaban J connectivity index is 2.08. The Morgan fingerprint density at radius 1 is 1.53 bits per heavy atom. The van der Waals surface area contributed by atoms with E-state index in [1.54, 1.807) is 12.4 Å². The number of amides is 1. The molecule has 0 spiro atoms. The number of rotatable bonds is 3. The first-order valence-corrected chi connectivity index (χ1v) is 5.32. The predicted molar refractivity (Wildman–Crippen MR) is 58.1 cm³/mol. The lowest BCUT2D eigenvalue weighted by molar-refractivity contribution is -0.124. The van der Waals surface area contributed by atoms with Gasteiger partial charge in [-0.1, -0.05) is 6.07 Å². The standard InChI is InChI=1S/C12H16N2O/c1-12(2,10-4-3-7-13-8-10)14-11(15)9-5-6-9/h3-4,7-9H,5-6H2,1-2H3,(H,14,15). The zero-order chi connectivity index (χ0) is 10.9. The quantitative estimate of drug-likeness (QED) is 0.816. The van der Waals surface area contributed by atoms with E-state index in [1.165, 1.54) is 0 Å². The summed E-state index contributed by atoms with van der Waals surface area (Å²) in [5, 5.41) is 3.06. The topological polar surface area (TPSA) is 42.0 Å². The van der Waals surface area contributed by atoms with Crippen molar-refractivity contribution in [3.63, 3.8) is 0 Å². The highest BCUT2D eigenvalue weighted by molar-refractivity contribution is 5.81. The number of carbonyl (C=O) groups is 1. The summed E-state index contributed by atoms with van der Waals surface area (Å²) in [6, 6.07) is 3.88. The summed E-state index contributed by atoms with van der Waals surface area (Å²) in [6.07, 6.45) is 5.61. The molecule has 15 heavy (non-hydrogen) atoms. The van der Waals surface area contributed by atoms with Gasteiger partial charge in [0.05, 0.1) is 5.54 Å². The summed E-state index contributed by atoms with van der Waals surface area (Å²) >= 11 is 0. The third-order valence-corrected chi connectivity index (χ3v) is 2.77. The van der Waals surface area contributed by atoms with Crippen molar-refractivity contribution < 1.29 is 4.79 Å². The van der Waals surface area contributed by atoms with E-state index < -0.39 is 0 Å². The first-order chi connectivity index (χ1) is 7.09. The number of nitrogens with zero attached hydrogens (tertiary/aromatic N) is 1. The first kappa shape index (κ1) is 10.1. The Labute approximate surface area is 89.9 Å². The molecule has 3 nitrogen and oxygen atoms in total. The van der Waals surface area contributed by atoms with Crippen molar-refractivity contribution in [2.75, 3.05) is 0 Å². The van der Waals surface area contributed by atoms with Crippen LogP contribution in [0.3, 0.4) is 0 Å². The van der Waals surface area contributed by atoms with Crippen LogP contribution in [-0.4, -0.2) is 10.9 Å². The summed E-state index contributed by atoms with van der Waals surface area (Å²) in [6.45, 7) is 4.01. The lowest BCUT2D eigenvalue weighted by Crippen LogP contribution is -2.41. The van der Waals surface area contributed by atoms with E-state index in [-0.39, 0.29) is 17.4 Å². The zero-order valence-corrected chi connectivity index (χ0v) is 9.16. The van der Waals surface area contributed by atoms with Crippen molar-refractivity contribution in [2.24, 2.45) is 5.92 Å². The number of hydrogen-bond donors (Lipinski definition) is 1. The number of aromatic nitrogens is 1. The summed E-state index contributed by atoms with van der Waals surface area (Å²) in [4.78, 5) is 15.7. The molecule has 1 aliphatic rings. The molecule has 0 atom stereocenters. The average molecular weight is 204 g/mol. The molecule has 1 aromatic heterocycles.